The molecule has 3 rings (SSSR count). The highest BCUT2D eigenvalue weighted by Crippen LogP contribution is 2.43. The van der Waals surface area contributed by atoms with Gasteiger partial charge < -0.3 is 28.4 Å². The third-order valence-corrected chi connectivity index (χ3v) is 3.86. The summed E-state index contributed by atoms with van der Waals surface area (Å²) in [6.45, 7) is 7.68. The third kappa shape index (κ3) is 2.86. The van der Waals surface area contributed by atoms with Crippen LogP contribution in [-0.4, -0.2) is 55.7 Å². The number of fused-ring (bicyclic) bond motifs is 3. The predicted molar refractivity (Wildman–Crippen MR) is 73.7 cm³/mol. The third-order valence-electron chi connectivity index (χ3n) is 3.86. The van der Waals surface area contributed by atoms with Crippen molar-refractivity contribution in [2.24, 2.45) is 0 Å². The van der Waals surface area contributed by atoms with Crippen LogP contribution in [0.5, 0.6) is 0 Å². The fourth-order valence-corrected chi connectivity index (χ4v) is 2.98. The van der Waals surface area contributed by atoms with Crippen molar-refractivity contribution in [2.45, 2.75) is 63.7 Å². The van der Waals surface area contributed by atoms with Gasteiger partial charge in [0.2, 0.25) is 0 Å². The molecule has 4 atom stereocenters. The quantitative estimate of drug-likeness (QED) is 0.530. The molecule has 0 aromatic carbocycles. The molecule has 3 saturated heterocycles. The van der Waals surface area contributed by atoms with E-state index in [0.29, 0.717) is 12.4 Å². The van der Waals surface area contributed by atoms with Crippen molar-refractivity contribution in [3.63, 3.8) is 0 Å². The van der Waals surface area contributed by atoms with Gasteiger partial charge in [0, 0.05) is 0 Å². The second-order valence-electron chi connectivity index (χ2n) is 6.54. The largest absolute Gasteiger partial charge is 0.486 e. The van der Waals surface area contributed by atoms with E-state index >= 15 is 0 Å². The van der Waals surface area contributed by atoms with Gasteiger partial charge in [0.25, 0.3) is 0 Å². The van der Waals surface area contributed by atoms with Gasteiger partial charge in [-0.25, -0.2) is 4.79 Å². The van der Waals surface area contributed by atoms with Gasteiger partial charge >= 0.3 is 5.97 Å². The van der Waals surface area contributed by atoms with Gasteiger partial charge in [0.05, 0.1) is 19.8 Å². The highest BCUT2D eigenvalue weighted by molar-refractivity contribution is 5.82. The van der Waals surface area contributed by atoms with E-state index in [1.165, 1.54) is 13.2 Å². The Balaban J connectivity index is 1.90. The van der Waals surface area contributed by atoms with E-state index in [2.05, 4.69) is 4.74 Å². The molecule has 22 heavy (non-hydrogen) atoms. The summed E-state index contributed by atoms with van der Waals surface area (Å²) in [4.78, 5) is 11.6. The van der Waals surface area contributed by atoms with Gasteiger partial charge in [-0.3, -0.25) is 0 Å². The first-order valence-corrected chi connectivity index (χ1v) is 7.34. The van der Waals surface area contributed by atoms with E-state index in [1.54, 1.807) is 0 Å². The fraction of sp³-hybridized carbons (Fsp3) is 0.800. The Labute approximate surface area is 129 Å². The predicted octanol–water partition coefficient (Wildman–Crippen LogP) is 1.11. The molecule has 0 saturated carbocycles. The minimum Gasteiger partial charge on any atom is -0.486 e. The number of carbonyl (C=O) groups is 1. The Hall–Kier alpha value is -1.15. The Morgan fingerprint density at radius 2 is 1.82 bits per heavy atom. The van der Waals surface area contributed by atoms with E-state index in [1.807, 2.05) is 27.7 Å². The fourth-order valence-electron chi connectivity index (χ4n) is 2.98. The van der Waals surface area contributed by atoms with Crippen molar-refractivity contribution in [3.8, 4) is 0 Å². The van der Waals surface area contributed by atoms with Gasteiger partial charge in [-0.1, -0.05) is 0 Å². The van der Waals surface area contributed by atoms with Crippen LogP contribution in [0, 0.1) is 0 Å². The molecule has 0 aromatic heterocycles. The second-order valence-corrected chi connectivity index (χ2v) is 6.54. The van der Waals surface area contributed by atoms with Crippen LogP contribution in [0.4, 0.5) is 0 Å². The van der Waals surface area contributed by atoms with Gasteiger partial charge in [-0.2, -0.15) is 0 Å². The van der Waals surface area contributed by atoms with Crippen LogP contribution >= 0.6 is 0 Å². The second kappa shape index (κ2) is 5.19. The number of ether oxygens (including phenoxy) is 6. The lowest BCUT2D eigenvalue weighted by Crippen LogP contribution is -2.60. The summed E-state index contributed by atoms with van der Waals surface area (Å²) in [6.07, 6.45) is -0.275. The van der Waals surface area contributed by atoms with Crippen molar-refractivity contribution in [1.29, 1.82) is 0 Å². The van der Waals surface area contributed by atoms with Crippen LogP contribution in [0.3, 0.4) is 0 Å². The Morgan fingerprint density at radius 3 is 2.50 bits per heavy atom. The minimum atomic E-state index is -0.783. The first-order valence-electron chi connectivity index (χ1n) is 7.34. The Kier molecular flexibility index (Phi) is 3.71. The van der Waals surface area contributed by atoms with Crippen LogP contribution in [0.1, 0.15) is 27.7 Å². The van der Waals surface area contributed by atoms with Crippen LogP contribution in [-0.2, 0) is 33.2 Å². The van der Waals surface area contributed by atoms with Gasteiger partial charge in [0.15, 0.2) is 17.7 Å². The molecule has 0 radical (unpaired) electrons. The molecule has 3 aliphatic rings. The van der Waals surface area contributed by atoms with Crippen LogP contribution < -0.4 is 0 Å². The molecule has 7 heteroatoms. The summed E-state index contributed by atoms with van der Waals surface area (Å²) in [5, 5.41) is 0. The van der Waals surface area contributed by atoms with Crippen molar-refractivity contribution in [1.82, 2.24) is 0 Å². The summed E-state index contributed by atoms with van der Waals surface area (Å²) in [5.41, 5.74) is 0. The highest BCUT2D eigenvalue weighted by atomic mass is 16.8. The minimum absolute atomic E-state index is 0.328. The zero-order valence-corrected chi connectivity index (χ0v) is 13.5. The van der Waals surface area contributed by atoms with Crippen LogP contribution in [0.2, 0.25) is 0 Å². The monoisotopic (exact) mass is 314 g/mol. The van der Waals surface area contributed by atoms with E-state index in [9.17, 15) is 4.79 Å². The summed E-state index contributed by atoms with van der Waals surface area (Å²) >= 11 is 0. The standard InChI is InChI=1S/C15H22O7/c1-14(2)18-7-9-12(20-14)13-11(21-15(3,4)22-13)8(19-9)6-10(16)17-5/h6,9,11-13H,7H2,1-5H3/b8-6-/t9?,11?,12-,13-/m1/s1. The van der Waals surface area contributed by atoms with Gasteiger partial charge in [-0.15, -0.1) is 0 Å². The molecule has 0 N–H and O–H groups in total. The molecule has 0 amide bonds. The average molecular weight is 314 g/mol. The number of hydrogen-bond donors (Lipinski definition) is 0. The first-order chi connectivity index (χ1) is 10.2. The zero-order valence-electron chi connectivity index (χ0n) is 13.5. The molecule has 124 valence electrons. The lowest BCUT2D eigenvalue weighted by atomic mass is 9.96. The lowest BCUT2D eigenvalue weighted by molar-refractivity contribution is -0.332. The van der Waals surface area contributed by atoms with Crippen molar-refractivity contribution in [2.75, 3.05) is 13.7 Å². The van der Waals surface area contributed by atoms with E-state index in [-0.39, 0.29) is 18.3 Å². The number of methoxy groups -OCH3 is 1. The highest BCUT2D eigenvalue weighted by Gasteiger charge is 2.57. The van der Waals surface area contributed by atoms with Crippen LogP contribution in [0.15, 0.2) is 11.8 Å². The number of carbonyl (C=O) groups excluding carboxylic acids is 1. The normalized spacial score (nSPS) is 40.5. The van der Waals surface area contributed by atoms with Crippen molar-refractivity contribution in [3.05, 3.63) is 11.8 Å². The van der Waals surface area contributed by atoms with E-state index in [0.717, 1.165) is 0 Å². The summed E-state index contributed by atoms with van der Waals surface area (Å²) in [5.74, 6) is -1.61. The van der Waals surface area contributed by atoms with Gasteiger partial charge in [-0.05, 0) is 27.7 Å². The summed E-state index contributed by atoms with van der Waals surface area (Å²) in [6, 6.07) is 0. The molecule has 3 aliphatic heterocycles. The molecular weight excluding hydrogens is 292 g/mol. The molecule has 0 aromatic rings. The maximum Gasteiger partial charge on any atom is 0.333 e. The molecule has 7 nitrogen and oxygen atoms in total. The smallest absolute Gasteiger partial charge is 0.333 e. The molecule has 0 aliphatic carbocycles. The number of rotatable bonds is 1. The van der Waals surface area contributed by atoms with Crippen molar-refractivity contribution < 1.29 is 33.2 Å². The molecular formula is C15H22O7. The maximum absolute atomic E-state index is 11.6. The maximum atomic E-state index is 11.6. The molecule has 3 heterocycles. The first kappa shape index (κ1) is 15.7. The van der Waals surface area contributed by atoms with Crippen molar-refractivity contribution >= 4 is 5.97 Å². The SMILES string of the molecule is COC(=O)/C=C1\OC2COC(C)(C)O[C@H]2[C@@H]2OC(C)(C)OC12. The number of esters is 1. The lowest BCUT2D eigenvalue weighted by Gasteiger charge is -2.46. The zero-order chi connectivity index (χ0) is 16.1. The molecule has 3 fully saturated rings. The number of hydrogen-bond acceptors (Lipinski definition) is 7. The van der Waals surface area contributed by atoms with Gasteiger partial charge in [0.1, 0.15) is 24.1 Å². The topological polar surface area (TPSA) is 72.5 Å². The molecule has 0 bridgehead atoms. The average Bonchev–Trinajstić information content (AvgIpc) is 2.75. The summed E-state index contributed by atoms with van der Waals surface area (Å²) in [7, 11) is 1.31. The van der Waals surface area contributed by atoms with E-state index in [4.69, 9.17) is 23.7 Å². The molecule has 2 unspecified atom stereocenters. The van der Waals surface area contributed by atoms with E-state index < -0.39 is 23.6 Å². The Bertz CT molecular complexity index is 496. The van der Waals surface area contributed by atoms with Crippen LogP contribution in [0.25, 0.3) is 0 Å². The Morgan fingerprint density at radius 1 is 1.14 bits per heavy atom. The molecule has 0 spiro atoms. The summed E-state index contributed by atoms with van der Waals surface area (Å²) < 4.78 is 34.0.